The van der Waals surface area contributed by atoms with Gasteiger partial charge >= 0.3 is 0 Å². The van der Waals surface area contributed by atoms with E-state index in [9.17, 15) is 8.78 Å². The topological polar surface area (TPSA) is 50.9 Å². The fourth-order valence-electron chi connectivity index (χ4n) is 1.58. The van der Waals surface area contributed by atoms with Crippen molar-refractivity contribution < 1.29 is 13.9 Å². The normalized spacial score (nSPS) is 11.7. The largest absolute Gasteiger partial charge is 0.390 e. The van der Waals surface area contributed by atoms with Crippen LogP contribution in [-0.4, -0.2) is 20.1 Å². The first-order valence-electron chi connectivity index (χ1n) is 4.98. The van der Waals surface area contributed by atoms with Gasteiger partial charge in [-0.05, 0) is 12.8 Å². The Morgan fingerprint density at radius 2 is 1.93 bits per heavy atom. The number of nitrogens with zero attached hydrogens (tertiary/aromatic N) is 3. The molecule has 0 saturated heterocycles. The van der Waals surface area contributed by atoms with Crippen molar-refractivity contribution in [1.29, 1.82) is 0 Å². The van der Waals surface area contributed by atoms with Crippen LogP contribution in [0.1, 0.15) is 50.5 Å². The van der Waals surface area contributed by atoms with Crippen LogP contribution in [-0.2, 0) is 6.61 Å². The third-order valence-electron chi connectivity index (χ3n) is 2.45. The van der Waals surface area contributed by atoms with E-state index in [0.29, 0.717) is 12.8 Å². The van der Waals surface area contributed by atoms with Crippen molar-refractivity contribution in [3.05, 3.63) is 11.4 Å². The number of aliphatic hydroxyl groups excluding tert-OH is 1. The number of hydrogen-bond donors (Lipinski definition) is 1. The zero-order valence-electron chi connectivity index (χ0n) is 8.82. The number of alkyl halides is 2. The second-order valence-electron chi connectivity index (χ2n) is 3.30. The van der Waals surface area contributed by atoms with E-state index < -0.39 is 13.0 Å². The highest BCUT2D eigenvalue weighted by molar-refractivity contribution is 5.11. The van der Waals surface area contributed by atoms with Crippen LogP contribution < -0.4 is 0 Å². The lowest BCUT2D eigenvalue weighted by atomic mass is 10.1. The van der Waals surface area contributed by atoms with Gasteiger partial charge in [0.1, 0.15) is 11.4 Å². The molecular formula is C9H15F2N3O. The van der Waals surface area contributed by atoms with Crippen LogP contribution in [0.5, 0.6) is 0 Å². The van der Waals surface area contributed by atoms with Gasteiger partial charge in [-0.1, -0.05) is 19.1 Å². The number of halogens is 2. The molecule has 0 unspecified atom stereocenters. The SMILES string of the molecule is CCC(CC)n1nnc(CO)c1C(F)F. The van der Waals surface area contributed by atoms with Crippen LogP contribution in [0, 0.1) is 0 Å². The summed E-state index contributed by atoms with van der Waals surface area (Å²) in [4.78, 5) is 0. The van der Waals surface area contributed by atoms with Gasteiger partial charge < -0.3 is 5.11 Å². The number of rotatable bonds is 5. The molecule has 0 bridgehead atoms. The molecule has 0 atom stereocenters. The van der Waals surface area contributed by atoms with Crippen LogP contribution in [0.3, 0.4) is 0 Å². The van der Waals surface area contributed by atoms with Crippen molar-refractivity contribution >= 4 is 0 Å². The van der Waals surface area contributed by atoms with E-state index in [2.05, 4.69) is 10.3 Å². The van der Waals surface area contributed by atoms with Gasteiger partial charge in [-0.3, -0.25) is 0 Å². The minimum atomic E-state index is -2.65. The molecule has 0 aliphatic carbocycles. The number of hydrogen-bond acceptors (Lipinski definition) is 3. The number of aliphatic hydroxyl groups is 1. The Labute approximate surface area is 86.9 Å². The van der Waals surface area contributed by atoms with Crippen LogP contribution in [0.2, 0.25) is 0 Å². The lowest BCUT2D eigenvalue weighted by molar-refractivity contribution is 0.131. The van der Waals surface area contributed by atoms with Gasteiger partial charge in [0.05, 0.1) is 12.6 Å². The van der Waals surface area contributed by atoms with Crippen molar-refractivity contribution in [2.24, 2.45) is 0 Å². The third kappa shape index (κ3) is 2.31. The summed E-state index contributed by atoms with van der Waals surface area (Å²) < 4.78 is 26.7. The van der Waals surface area contributed by atoms with E-state index in [1.165, 1.54) is 4.68 Å². The summed E-state index contributed by atoms with van der Waals surface area (Å²) in [5.41, 5.74) is -0.289. The van der Waals surface area contributed by atoms with E-state index in [-0.39, 0.29) is 17.4 Å². The van der Waals surface area contributed by atoms with Crippen molar-refractivity contribution in [1.82, 2.24) is 15.0 Å². The van der Waals surface area contributed by atoms with Gasteiger partial charge in [0.15, 0.2) is 0 Å². The second kappa shape index (κ2) is 5.16. The average Bonchev–Trinajstić information content (AvgIpc) is 2.63. The zero-order chi connectivity index (χ0) is 11.4. The molecule has 1 rings (SSSR count). The van der Waals surface area contributed by atoms with Crippen LogP contribution in [0.15, 0.2) is 0 Å². The zero-order valence-corrected chi connectivity index (χ0v) is 8.82. The van der Waals surface area contributed by atoms with Crippen LogP contribution >= 0.6 is 0 Å². The first kappa shape index (κ1) is 12.0. The Hall–Kier alpha value is -1.04. The molecule has 0 saturated carbocycles. The Morgan fingerprint density at radius 3 is 2.33 bits per heavy atom. The Balaban J connectivity index is 3.11. The van der Waals surface area contributed by atoms with Gasteiger partial charge in [0, 0.05) is 0 Å². The summed E-state index contributed by atoms with van der Waals surface area (Å²) in [7, 11) is 0. The molecule has 0 aromatic carbocycles. The lowest BCUT2D eigenvalue weighted by Gasteiger charge is -2.15. The van der Waals surface area contributed by atoms with Crippen molar-refractivity contribution in [2.45, 2.75) is 45.8 Å². The predicted octanol–water partition coefficient (Wildman–Crippen LogP) is 2.07. The molecule has 86 valence electrons. The van der Waals surface area contributed by atoms with E-state index in [1.807, 2.05) is 13.8 Å². The molecule has 1 aromatic rings. The quantitative estimate of drug-likeness (QED) is 0.824. The van der Waals surface area contributed by atoms with Crippen LogP contribution in [0.4, 0.5) is 8.78 Å². The highest BCUT2D eigenvalue weighted by Gasteiger charge is 2.24. The average molecular weight is 219 g/mol. The smallest absolute Gasteiger partial charge is 0.282 e. The summed E-state index contributed by atoms with van der Waals surface area (Å²) in [6.45, 7) is 3.31. The van der Waals surface area contributed by atoms with Gasteiger partial charge in [-0.15, -0.1) is 5.10 Å². The first-order valence-corrected chi connectivity index (χ1v) is 4.98. The lowest BCUT2D eigenvalue weighted by Crippen LogP contribution is -2.13. The van der Waals surface area contributed by atoms with Crippen LogP contribution in [0.25, 0.3) is 0 Å². The summed E-state index contributed by atoms with van der Waals surface area (Å²) in [6.07, 6.45) is -1.22. The highest BCUT2D eigenvalue weighted by Crippen LogP contribution is 2.26. The molecule has 15 heavy (non-hydrogen) atoms. The molecule has 0 spiro atoms. The first-order chi connectivity index (χ1) is 7.15. The molecule has 1 N–H and O–H groups in total. The highest BCUT2D eigenvalue weighted by atomic mass is 19.3. The molecule has 0 aliphatic rings. The van der Waals surface area contributed by atoms with E-state index >= 15 is 0 Å². The molecular weight excluding hydrogens is 204 g/mol. The molecule has 0 aliphatic heterocycles. The monoisotopic (exact) mass is 219 g/mol. The molecule has 6 heteroatoms. The summed E-state index contributed by atoms with van der Waals surface area (Å²) in [5, 5.41) is 16.1. The Morgan fingerprint density at radius 1 is 1.33 bits per heavy atom. The van der Waals surface area contributed by atoms with Crippen molar-refractivity contribution in [3.63, 3.8) is 0 Å². The maximum absolute atomic E-state index is 12.7. The minimum absolute atomic E-state index is 0.0306. The molecule has 1 aromatic heterocycles. The molecule has 0 fully saturated rings. The van der Waals surface area contributed by atoms with Crippen molar-refractivity contribution in [3.8, 4) is 0 Å². The summed E-state index contributed by atoms with van der Waals surface area (Å²) in [5.74, 6) is 0. The van der Waals surface area contributed by atoms with E-state index in [1.54, 1.807) is 0 Å². The van der Waals surface area contributed by atoms with E-state index in [0.717, 1.165) is 0 Å². The summed E-state index contributed by atoms with van der Waals surface area (Å²) >= 11 is 0. The predicted molar refractivity (Wildman–Crippen MR) is 50.5 cm³/mol. The molecule has 1 heterocycles. The maximum Gasteiger partial charge on any atom is 0.282 e. The van der Waals surface area contributed by atoms with Gasteiger partial charge in [-0.2, -0.15) is 0 Å². The number of aromatic nitrogens is 3. The molecule has 0 radical (unpaired) electrons. The fourth-order valence-corrected chi connectivity index (χ4v) is 1.58. The van der Waals surface area contributed by atoms with Gasteiger partial charge in [-0.25, -0.2) is 13.5 Å². The Bertz CT molecular complexity index is 310. The van der Waals surface area contributed by atoms with Gasteiger partial charge in [0.2, 0.25) is 0 Å². The van der Waals surface area contributed by atoms with Crippen molar-refractivity contribution in [2.75, 3.05) is 0 Å². The fraction of sp³-hybridized carbons (Fsp3) is 0.778. The molecule has 4 nitrogen and oxygen atoms in total. The summed E-state index contributed by atoms with van der Waals surface area (Å²) in [6, 6.07) is -0.0817. The molecule has 0 amide bonds. The standard InChI is InChI=1S/C9H15F2N3O/c1-3-6(4-2)14-8(9(10)11)7(5-15)12-13-14/h6,9,15H,3-5H2,1-2H3. The van der Waals surface area contributed by atoms with E-state index in [4.69, 9.17) is 5.11 Å². The third-order valence-corrected chi connectivity index (χ3v) is 2.45. The minimum Gasteiger partial charge on any atom is -0.390 e. The Kier molecular flexibility index (Phi) is 4.14. The maximum atomic E-state index is 12.7. The second-order valence-corrected chi connectivity index (χ2v) is 3.30. The van der Waals surface area contributed by atoms with Gasteiger partial charge in [0.25, 0.3) is 6.43 Å².